The first-order valence-corrected chi connectivity index (χ1v) is 4.88. The van der Waals surface area contributed by atoms with Crippen LogP contribution in [-0.2, 0) is 4.79 Å². The van der Waals surface area contributed by atoms with Gasteiger partial charge in [0.2, 0.25) is 0 Å². The molecule has 0 amide bonds. The summed E-state index contributed by atoms with van der Waals surface area (Å²) in [6.07, 6.45) is 0. The molecule has 0 aliphatic carbocycles. The van der Waals surface area contributed by atoms with E-state index < -0.39 is 16.9 Å². The van der Waals surface area contributed by atoms with E-state index in [9.17, 15) is 14.9 Å². The van der Waals surface area contributed by atoms with Crippen molar-refractivity contribution in [3.8, 4) is 0 Å². The zero-order valence-corrected chi connectivity index (χ0v) is 9.02. The van der Waals surface area contributed by atoms with Crippen LogP contribution in [0.15, 0.2) is 12.1 Å². The number of carboxylic acids is 1. The monoisotopic (exact) mass is 230 g/mol. The van der Waals surface area contributed by atoms with Gasteiger partial charge in [0.1, 0.15) is 6.04 Å². The van der Waals surface area contributed by atoms with Gasteiger partial charge in [-0.05, 0) is 20.2 Å². The third-order valence-corrected chi connectivity index (χ3v) is 2.90. The molecule has 1 unspecified atom stereocenters. The van der Waals surface area contributed by atoms with E-state index >= 15 is 0 Å². The third kappa shape index (κ3) is 2.51. The van der Waals surface area contributed by atoms with Crippen LogP contribution in [0.25, 0.3) is 0 Å². The van der Waals surface area contributed by atoms with Crippen LogP contribution in [0.2, 0.25) is 0 Å². The molecule has 0 aliphatic rings. The minimum atomic E-state index is -1.02. The van der Waals surface area contributed by atoms with Gasteiger partial charge >= 0.3 is 11.0 Å². The third-order valence-electron chi connectivity index (χ3n) is 1.81. The lowest BCUT2D eigenvalue weighted by Gasteiger charge is -2.17. The van der Waals surface area contributed by atoms with Gasteiger partial charge in [-0.15, -0.1) is 0 Å². The van der Waals surface area contributed by atoms with Gasteiger partial charge in [0, 0.05) is 10.9 Å². The molecule has 0 saturated heterocycles. The predicted octanol–water partition coefficient (Wildman–Crippen LogP) is 1.34. The lowest BCUT2D eigenvalue weighted by atomic mass is 10.2. The van der Waals surface area contributed by atoms with Crippen LogP contribution >= 0.6 is 11.3 Å². The van der Waals surface area contributed by atoms with Crippen LogP contribution in [0, 0.1) is 10.1 Å². The smallest absolute Gasteiger partial charge is 0.326 e. The lowest BCUT2D eigenvalue weighted by Crippen LogP contribution is -2.26. The summed E-state index contributed by atoms with van der Waals surface area (Å²) < 4.78 is 0. The average Bonchev–Trinajstić information content (AvgIpc) is 2.51. The standard InChI is InChI=1S/C8H10N2O4S/c1-9(2)7(8(11)12)5-3-4-6(15-5)10(13)14/h3-4,7H,1-2H3,(H,11,12). The molecule has 0 aliphatic heterocycles. The molecule has 1 aromatic rings. The molecule has 0 aromatic carbocycles. The van der Waals surface area contributed by atoms with E-state index in [2.05, 4.69) is 0 Å². The van der Waals surface area contributed by atoms with E-state index in [1.807, 2.05) is 0 Å². The van der Waals surface area contributed by atoms with Gasteiger partial charge in [0.05, 0.1) is 4.92 Å². The Morgan fingerprint density at radius 1 is 1.60 bits per heavy atom. The van der Waals surface area contributed by atoms with Crippen LogP contribution in [0.3, 0.4) is 0 Å². The first-order valence-electron chi connectivity index (χ1n) is 4.07. The van der Waals surface area contributed by atoms with Crippen molar-refractivity contribution < 1.29 is 14.8 Å². The highest BCUT2D eigenvalue weighted by Crippen LogP contribution is 2.31. The first kappa shape index (κ1) is 11.6. The molecule has 15 heavy (non-hydrogen) atoms. The number of carbonyl (C=O) groups is 1. The first-order chi connectivity index (χ1) is 6.93. The molecule has 0 fully saturated rings. The molecular formula is C8H10N2O4S. The lowest BCUT2D eigenvalue weighted by molar-refractivity contribution is -0.380. The van der Waals surface area contributed by atoms with E-state index in [4.69, 9.17) is 5.11 Å². The zero-order chi connectivity index (χ0) is 11.6. The van der Waals surface area contributed by atoms with E-state index in [-0.39, 0.29) is 5.00 Å². The minimum absolute atomic E-state index is 0.0434. The van der Waals surface area contributed by atoms with Crippen LogP contribution in [0.1, 0.15) is 10.9 Å². The van der Waals surface area contributed by atoms with Gasteiger partial charge in [0.25, 0.3) is 0 Å². The predicted molar refractivity (Wildman–Crippen MR) is 55.0 cm³/mol. The number of likely N-dealkylation sites (N-methyl/N-ethyl adjacent to an activating group) is 1. The number of hydrogen-bond acceptors (Lipinski definition) is 5. The molecular weight excluding hydrogens is 220 g/mol. The Hall–Kier alpha value is -1.47. The second-order valence-corrected chi connectivity index (χ2v) is 4.23. The van der Waals surface area contributed by atoms with Gasteiger partial charge < -0.3 is 5.11 Å². The van der Waals surface area contributed by atoms with Crippen molar-refractivity contribution in [3.63, 3.8) is 0 Å². The molecule has 0 spiro atoms. The van der Waals surface area contributed by atoms with Crippen molar-refractivity contribution in [1.29, 1.82) is 0 Å². The normalized spacial score (nSPS) is 12.7. The highest BCUT2D eigenvalue weighted by atomic mass is 32.1. The maximum absolute atomic E-state index is 10.9. The van der Waals surface area contributed by atoms with Gasteiger partial charge in [-0.2, -0.15) is 0 Å². The van der Waals surface area contributed by atoms with Crippen molar-refractivity contribution in [1.82, 2.24) is 4.90 Å². The molecule has 82 valence electrons. The molecule has 1 rings (SSSR count). The summed E-state index contributed by atoms with van der Waals surface area (Å²) in [5.41, 5.74) is 0. The molecule has 7 heteroatoms. The van der Waals surface area contributed by atoms with Crippen LogP contribution in [0.5, 0.6) is 0 Å². The topological polar surface area (TPSA) is 83.7 Å². The molecule has 0 radical (unpaired) electrons. The van der Waals surface area contributed by atoms with Gasteiger partial charge in [-0.3, -0.25) is 19.8 Å². The molecule has 6 nitrogen and oxygen atoms in total. The Kier molecular flexibility index (Phi) is 3.38. The number of aliphatic carboxylic acids is 1. The molecule has 1 aromatic heterocycles. The van der Waals surface area contributed by atoms with E-state index in [1.165, 1.54) is 17.0 Å². The maximum Gasteiger partial charge on any atom is 0.326 e. The second-order valence-electron chi connectivity index (χ2n) is 3.14. The summed E-state index contributed by atoms with van der Waals surface area (Å²) in [6.45, 7) is 0. The maximum atomic E-state index is 10.9. The summed E-state index contributed by atoms with van der Waals surface area (Å²) >= 11 is 0.884. The fourth-order valence-electron chi connectivity index (χ4n) is 1.18. The van der Waals surface area contributed by atoms with E-state index in [1.54, 1.807) is 14.1 Å². The number of nitro groups is 1. The summed E-state index contributed by atoms with van der Waals surface area (Å²) in [5, 5.41) is 19.3. The van der Waals surface area contributed by atoms with Crippen LogP contribution in [-0.4, -0.2) is 35.0 Å². The summed E-state index contributed by atoms with van der Waals surface area (Å²) in [7, 11) is 3.23. The van der Waals surface area contributed by atoms with E-state index in [0.717, 1.165) is 11.3 Å². The number of carboxylic acid groups (broad SMARTS) is 1. The summed E-state index contributed by atoms with van der Waals surface area (Å²) in [5.74, 6) is -1.02. The average molecular weight is 230 g/mol. The SMILES string of the molecule is CN(C)C(C(=O)O)c1ccc([N+](=O)[O-])s1. The number of nitrogens with zero attached hydrogens (tertiary/aromatic N) is 2. The van der Waals surface area contributed by atoms with Gasteiger partial charge in [0.15, 0.2) is 0 Å². The Morgan fingerprint density at radius 3 is 2.53 bits per heavy atom. The zero-order valence-electron chi connectivity index (χ0n) is 8.21. The van der Waals surface area contributed by atoms with Gasteiger partial charge in [-0.25, -0.2) is 0 Å². The van der Waals surface area contributed by atoms with E-state index in [0.29, 0.717) is 4.88 Å². The molecule has 1 heterocycles. The molecule has 1 atom stereocenters. The van der Waals surface area contributed by atoms with Crippen LogP contribution < -0.4 is 0 Å². The largest absolute Gasteiger partial charge is 0.480 e. The highest BCUT2D eigenvalue weighted by Gasteiger charge is 2.25. The summed E-state index contributed by atoms with van der Waals surface area (Å²) in [6, 6.07) is 1.96. The number of thiophene rings is 1. The van der Waals surface area contributed by atoms with Crippen molar-refractivity contribution in [2.45, 2.75) is 6.04 Å². The fraction of sp³-hybridized carbons (Fsp3) is 0.375. The Bertz CT molecular complexity index is 388. The van der Waals surface area contributed by atoms with Gasteiger partial charge in [-0.1, -0.05) is 11.3 Å². The number of rotatable bonds is 4. The molecule has 1 N–H and O–H groups in total. The van der Waals surface area contributed by atoms with Crippen LogP contribution in [0.4, 0.5) is 5.00 Å². The second kappa shape index (κ2) is 4.37. The van der Waals surface area contributed by atoms with Crippen molar-refractivity contribution in [3.05, 3.63) is 27.1 Å². The number of hydrogen-bond donors (Lipinski definition) is 1. The summed E-state index contributed by atoms with van der Waals surface area (Å²) in [4.78, 5) is 22.8. The van der Waals surface area contributed by atoms with Crippen molar-refractivity contribution in [2.75, 3.05) is 14.1 Å². The van der Waals surface area contributed by atoms with Crippen molar-refractivity contribution in [2.24, 2.45) is 0 Å². The Labute approximate surface area is 89.9 Å². The Balaban J connectivity index is 3.02. The van der Waals surface area contributed by atoms with Crippen molar-refractivity contribution >= 4 is 22.3 Å². The Morgan fingerprint density at radius 2 is 2.20 bits per heavy atom. The highest BCUT2D eigenvalue weighted by molar-refractivity contribution is 7.15. The quantitative estimate of drug-likeness (QED) is 0.623. The fourth-order valence-corrected chi connectivity index (χ4v) is 2.20. The molecule has 0 bridgehead atoms. The minimum Gasteiger partial charge on any atom is -0.480 e. The molecule has 0 saturated carbocycles.